The molecule has 0 unspecified atom stereocenters. The molecule has 0 radical (unpaired) electrons. The summed E-state index contributed by atoms with van der Waals surface area (Å²) in [7, 11) is 0. The molecule has 1 aromatic carbocycles. The van der Waals surface area contributed by atoms with Gasteiger partial charge < -0.3 is 10.2 Å². The number of carboxylic acid groups (broad SMARTS) is 1. The van der Waals surface area contributed by atoms with E-state index >= 15 is 0 Å². The largest absolute Gasteiger partial charge is 0.507 e. The number of aryl methyl sites for hydroxylation is 2. The number of aromatic hydroxyl groups is 1. The van der Waals surface area contributed by atoms with Crippen LogP contribution in [-0.2, 0) is 12.8 Å². The van der Waals surface area contributed by atoms with Crippen LogP contribution >= 0.6 is 0 Å². The molecule has 1 aromatic rings. The van der Waals surface area contributed by atoms with Crippen LogP contribution in [0.2, 0.25) is 0 Å². The Morgan fingerprint density at radius 1 is 0.667 bits per heavy atom. The summed E-state index contributed by atoms with van der Waals surface area (Å²) in [6.45, 7) is 4.48. The van der Waals surface area contributed by atoms with Gasteiger partial charge >= 0.3 is 5.97 Å². The highest BCUT2D eigenvalue weighted by Crippen LogP contribution is 2.28. The van der Waals surface area contributed by atoms with E-state index in [2.05, 4.69) is 13.8 Å². The predicted octanol–water partition coefficient (Wildman–Crippen LogP) is 8.46. The Labute approximate surface area is 185 Å². The van der Waals surface area contributed by atoms with E-state index in [1.54, 1.807) is 6.07 Å². The van der Waals surface area contributed by atoms with Gasteiger partial charge in [0.1, 0.15) is 11.3 Å². The lowest BCUT2D eigenvalue weighted by molar-refractivity contribution is 0.0693. The van der Waals surface area contributed by atoms with E-state index < -0.39 is 5.97 Å². The van der Waals surface area contributed by atoms with Crippen molar-refractivity contribution in [2.75, 3.05) is 0 Å². The van der Waals surface area contributed by atoms with Crippen LogP contribution < -0.4 is 0 Å². The van der Waals surface area contributed by atoms with Crippen molar-refractivity contribution in [3.05, 3.63) is 28.8 Å². The molecule has 0 saturated carbocycles. The Bertz CT molecular complexity index is 580. The zero-order valence-electron chi connectivity index (χ0n) is 19.7. The molecular formula is C27H46O3. The smallest absolute Gasteiger partial charge is 0.339 e. The third kappa shape index (κ3) is 11.6. The molecule has 0 aliphatic rings. The number of unbranched alkanes of at least 4 members (excludes halogenated alkanes) is 14. The van der Waals surface area contributed by atoms with Crippen LogP contribution in [0.25, 0.3) is 0 Å². The summed E-state index contributed by atoms with van der Waals surface area (Å²) < 4.78 is 0. The summed E-state index contributed by atoms with van der Waals surface area (Å²) in [5.41, 5.74) is 1.95. The van der Waals surface area contributed by atoms with E-state index in [1.807, 2.05) is 6.07 Å². The van der Waals surface area contributed by atoms with E-state index in [4.69, 9.17) is 0 Å². The third-order valence-corrected chi connectivity index (χ3v) is 6.10. The van der Waals surface area contributed by atoms with E-state index in [0.717, 1.165) is 43.2 Å². The predicted molar refractivity (Wildman–Crippen MR) is 128 cm³/mol. The Morgan fingerprint density at radius 3 is 1.57 bits per heavy atom. The molecule has 0 amide bonds. The summed E-state index contributed by atoms with van der Waals surface area (Å²) in [6, 6.07) is 3.72. The summed E-state index contributed by atoms with van der Waals surface area (Å²) in [4.78, 5) is 11.6. The first-order valence-corrected chi connectivity index (χ1v) is 12.7. The van der Waals surface area contributed by atoms with Crippen LogP contribution in [0.3, 0.4) is 0 Å². The number of carbonyl (C=O) groups is 1. The van der Waals surface area contributed by atoms with Gasteiger partial charge in [-0.2, -0.15) is 0 Å². The molecule has 3 heteroatoms. The fourth-order valence-electron chi connectivity index (χ4n) is 4.17. The summed E-state index contributed by atoms with van der Waals surface area (Å²) >= 11 is 0. The minimum Gasteiger partial charge on any atom is -0.507 e. The monoisotopic (exact) mass is 418 g/mol. The lowest BCUT2D eigenvalue weighted by atomic mass is 9.96. The van der Waals surface area contributed by atoms with Gasteiger partial charge in [0, 0.05) is 0 Å². The van der Waals surface area contributed by atoms with Crippen molar-refractivity contribution in [3.8, 4) is 5.75 Å². The van der Waals surface area contributed by atoms with Gasteiger partial charge in [-0.3, -0.25) is 0 Å². The van der Waals surface area contributed by atoms with Gasteiger partial charge in [0.05, 0.1) is 0 Å². The minimum absolute atomic E-state index is 0.0230. The molecule has 3 nitrogen and oxygen atoms in total. The lowest BCUT2D eigenvalue weighted by Crippen LogP contribution is -2.02. The van der Waals surface area contributed by atoms with Crippen molar-refractivity contribution in [1.29, 1.82) is 0 Å². The fraction of sp³-hybridized carbons (Fsp3) is 0.741. The van der Waals surface area contributed by atoms with Gasteiger partial charge in [-0.25, -0.2) is 4.79 Å². The maximum Gasteiger partial charge on any atom is 0.339 e. The van der Waals surface area contributed by atoms with E-state index in [1.165, 1.54) is 83.5 Å². The second-order valence-electron chi connectivity index (χ2n) is 8.91. The highest BCUT2D eigenvalue weighted by Gasteiger charge is 2.15. The molecule has 0 bridgehead atoms. The fourth-order valence-corrected chi connectivity index (χ4v) is 4.17. The SMILES string of the molecule is CCCCCCCCCCc1cc(CCCCCCCCCC)c(O)c(C(=O)O)c1. The Balaban J connectivity index is 2.43. The topological polar surface area (TPSA) is 57.5 Å². The van der Waals surface area contributed by atoms with Crippen molar-refractivity contribution in [3.63, 3.8) is 0 Å². The molecule has 0 aliphatic carbocycles. The number of hydrogen-bond donors (Lipinski definition) is 2. The van der Waals surface area contributed by atoms with Crippen molar-refractivity contribution in [2.45, 2.75) is 129 Å². The first kappa shape index (κ1) is 26.5. The number of hydrogen-bond acceptors (Lipinski definition) is 2. The molecular weight excluding hydrogens is 372 g/mol. The molecule has 0 heterocycles. The van der Waals surface area contributed by atoms with E-state index in [0.29, 0.717) is 0 Å². The zero-order chi connectivity index (χ0) is 22.0. The van der Waals surface area contributed by atoms with Gasteiger partial charge in [0.15, 0.2) is 0 Å². The maximum absolute atomic E-state index is 11.6. The highest BCUT2D eigenvalue weighted by atomic mass is 16.4. The molecule has 30 heavy (non-hydrogen) atoms. The van der Waals surface area contributed by atoms with Crippen molar-refractivity contribution < 1.29 is 15.0 Å². The Hall–Kier alpha value is -1.51. The lowest BCUT2D eigenvalue weighted by Gasteiger charge is -2.11. The molecule has 0 aliphatic heterocycles. The van der Waals surface area contributed by atoms with Crippen LogP contribution in [-0.4, -0.2) is 16.2 Å². The zero-order valence-corrected chi connectivity index (χ0v) is 19.7. The molecule has 0 spiro atoms. The number of benzene rings is 1. The summed E-state index contributed by atoms with van der Waals surface area (Å²) in [6.07, 6.45) is 21.8. The van der Waals surface area contributed by atoms with Gasteiger partial charge in [-0.15, -0.1) is 0 Å². The third-order valence-electron chi connectivity index (χ3n) is 6.10. The van der Waals surface area contributed by atoms with Gasteiger partial charge in [0.25, 0.3) is 0 Å². The molecule has 0 aromatic heterocycles. The van der Waals surface area contributed by atoms with Crippen LogP contribution in [0.15, 0.2) is 12.1 Å². The van der Waals surface area contributed by atoms with Crippen molar-refractivity contribution in [2.24, 2.45) is 0 Å². The molecule has 0 atom stereocenters. The maximum atomic E-state index is 11.6. The van der Waals surface area contributed by atoms with Crippen molar-refractivity contribution in [1.82, 2.24) is 0 Å². The highest BCUT2D eigenvalue weighted by molar-refractivity contribution is 5.91. The number of aromatic carboxylic acids is 1. The quantitative estimate of drug-likeness (QED) is 0.221. The first-order chi connectivity index (χ1) is 14.6. The molecule has 0 saturated heterocycles. The van der Waals surface area contributed by atoms with Crippen LogP contribution in [0, 0.1) is 0 Å². The van der Waals surface area contributed by atoms with Crippen LogP contribution in [0.5, 0.6) is 5.75 Å². The standard InChI is InChI=1S/C27H46O3/c1-3-5-7-9-11-13-15-17-19-23-21-24(26(28)25(22-23)27(29)30)20-18-16-14-12-10-8-6-4-2/h21-22,28H,3-20H2,1-2H3,(H,29,30). The van der Waals surface area contributed by atoms with Crippen LogP contribution in [0.4, 0.5) is 0 Å². The normalized spacial score (nSPS) is 11.1. The average molecular weight is 419 g/mol. The molecule has 1 rings (SSSR count). The molecule has 2 N–H and O–H groups in total. The van der Waals surface area contributed by atoms with Crippen LogP contribution in [0.1, 0.15) is 138 Å². The molecule has 0 fully saturated rings. The van der Waals surface area contributed by atoms with Gasteiger partial charge in [0.2, 0.25) is 0 Å². The van der Waals surface area contributed by atoms with E-state index in [-0.39, 0.29) is 11.3 Å². The second-order valence-corrected chi connectivity index (χ2v) is 8.91. The average Bonchev–Trinajstić information content (AvgIpc) is 2.73. The van der Waals surface area contributed by atoms with E-state index in [9.17, 15) is 15.0 Å². The Kier molecular flexibility index (Phi) is 15.2. The number of rotatable bonds is 19. The first-order valence-electron chi connectivity index (χ1n) is 12.7. The number of carboxylic acids is 1. The van der Waals surface area contributed by atoms with Crippen molar-refractivity contribution >= 4 is 5.97 Å². The number of phenols is 1. The summed E-state index contributed by atoms with van der Waals surface area (Å²) in [5, 5.41) is 19.9. The molecule has 172 valence electrons. The minimum atomic E-state index is -1.03. The summed E-state index contributed by atoms with van der Waals surface area (Å²) in [5.74, 6) is -1.05. The Morgan fingerprint density at radius 2 is 1.10 bits per heavy atom. The second kappa shape index (κ2) is 17.2. The van der Waals surface area contributed by atoms with Gasteiger partial charge in [-0.05, 0) is 42.9 Å². The van der Waals surface area contributed by atoms with Gasteiger partial charge in [-0.1, -0.05) is 110 Å².